The highest BCUT2D eigenvalue weighted by Gasteiger charge is 2.17. The van der Waals surface area contributed by atoms with Gasteiger partial charge in [-0.2, -0.15) is 0 Å². The van der Waals surface area contributed by atoms with Gasteiger partial charge in [0.25, 0.3) is 0 Å². The quantitative estimate of drug-likeness (QED) is 0.137. The summed E-state index contributed by atoms with van der Waals surface area (Å²) in [5.41, 5.74) is 17.5. The van der Waals surface area contributed by atoms with Gasteiger partial charge < -0.3 is 4.90 Å². The third-order valence-electron chi connectivity index (χ3n) is 12.1. The number of fused-ring (bicyclic) bond motifs is 1. The standard InChI is InChI=1S/C62H43N3/c1-4-13-44(14-5-1)47-23-29-53(30-24-47)59-43-60(54-31-25-48(26-32-54)45-15-6-2-7-16-45)64-62(63-59)55-33-27-49(28-34-55)51-37-41-57(42-38-51)65(61-22-12-20-52-19-10-11-21-58(52)61)56-39-35-50(36-40-56)46-17-8-3-9-18-46/h1-43H. The minimum Gasteiger partial charge on any atom is -0.310 e. The minimum absolute atomic E-state index is 0.683. The maximum atomic E-state index is 5.19. The van der Waals surface area contributed by atoms with Gasteiger partial charge in [-0.15, -0.1) is 0 Å². The number of hydrogen-bond acceptors (Lipinski definition) is 3. The Kier molecular flexibility index (Phi) is 10.6. The number of anilines is 3. The van der Waals surface area contributed by atoms with E-state index in [0.29, 0.717) is 5.82 Å². The molecule has 0 saturated heterocycles. The first-order valence-corrected chi connectivity index (χ1v) is 22.1. The molecule has 0 saturated carbocycles. The lowest BCUT2D eigenvalue weighted by atomic mass is 10.00. The molecule has 3 heteroatoms. The molecule has 0 unspecified atom stereocenters. The summed E-state index contributed by atoms with van der Waals surface area (Å²) in [4.78, 5) is 12.7. The van der Waals surface area contributed by atoms with Gasteiger partial charge in [0.2, 0.25) is 0 Å². The second kappa shape index (κ2) is 17.6. The zero-order chi connectivity index (χ0) is 43.4. The lowest BCUT2D eigenvalue weighted by Crippen LogP contribution is -2.10. The third kappa shape index (κ3) is 8.23. The van der Waals surface area contributed by atoms with Crippen LogP contribution >= 0.6 is 0 Å². The maximum absolute atomic E-state index is 5.19. The van der Waals surface area contributed by atoms with Crippen LogP contribution in [-0.2, 0) is 0 Å². The molecule has 3 nitrogen and oxygen atoms in total. The SMILES string of the molecule is c1ccc(-c2ccc(-c3cc(-c4ccc(-c5ccccc5)cc4)nc(-c4ccc(-c5ccc(N(c6ccc(-c7ccccc7)cc6)c6cccc7ccccc67)cc5)cc4)n3)cc2)cc1. The average Bonchev–Trinajstić information content (AvgIpc) is 3.40. The fraction of sp³-hybridized carbons (Fsp3) is 0. The molecule has 0 aliphatic carbocycles. The van der Waals surface area contributed by atoms with E-state index in [1.807, 2.05) is 12.1 Å². The Hall–Kier alpha value is -8.66. The van der Waals surface area contributed by atoms with E-state index in [4.69, 9.17) is 9.97 Å². The molecule has 0 bridgehead atoms. The summed E-state index contributed by atoms with van der Waals surface area (Å²) in [7, 11) is 0. The molecule has 0 N–H and O–H groups in total. The predicted octanol–water partition coefficient (Wildman–Crippen LogP) is 16.8. The van der Waals surface area contributed by atoms with Crippen molar-refractivity contribution in [1.29, 1.82) is 0 Å². The van der Waals surface area contributed by atoms with Gasteiger partial charge in [-0.25, -0.2) is 9.97 Å². The second-order valence-electron chi connectivity index (χ2n) is 16.2. The van der Waals surface area contributed by atoms with Crippen LogP contribution in [0.25, 0.3) is 89.2 Å². The zero-order valence-corrected chi connectivity index (χ0v) is 35.7. The summed E-state index contributed by atoms with van der Waals surface area (Å²) in [6, 6.07) is 92.4. The number of rotatable bonds is 10. The molecule has 0 aliphatic rings. The Bertz CT molecular complexity index is 3240. The van der Waals surface area contributed by atoms with Gasteiger partial charge in [0.05, 0.1) is 17.1 Å². The highest BCUT2D eigenvalue weighted by Crippen LogP contribution is 2.40. The van der Waals surface area contributed by atoms with Crippen molar-refractivity contribution in [2.75, 3.05) is 4.90 Å². The summed E-state index contributed by atoms with van der Waals surface area (Å²) in [5.74, 6) is 0.683. The van der Waals surface area contributed by atoms with Crippen LogP contribution in [0.15, 0.2) is 261 Å². The Morgan fingerprint density at radius 2 is 0.569 bits per heavy atom. The zero-order valence-electron chi connectivity index (χ0n) is 35.7. The van der Waals surface area contributed by atoms with Crippen LogP contribution in [0.5, 0.6) is 0 Å². The van der Waals surface area contributed by atoms with Crippen LogP contribution < -0.4 is 4.90 Å². The molecule has 0 radical (unpaired) electrons. The summed E-state index contributed by atoms with van der Waals surface area (Å²) in [5, 5.41) is 2.40. The van der Waals surface area contributed by atoms with Crippen molar-refractivity contribution in [3.8, 4) is 78.4 Å². The van der Waals surface area contributed by atoms with Crippen molar-refractivity contribution in [3.05, 3.63) is 261 Å². The molecule has 0 amide bonds. The fourth-order valence-corrected chi connectivity index (χ4v) is 8.68. The lowest BCUT2D eigenvalue weighted by Gasteiger charge is -2.27. The van der Waals surface area contributed by atoms with Gasteiger partial charge in [0, 0.05) is 33.5 Å². The normalized spacial score (nSPS) is 11.1. The summed E-state index contributed by atoms with van der Waals surface area (Å²) >= 11 is 0. The Morgan fingerprint density at radius 1 is 0.246 bits per heavy atom. The van der Waals surface area contributed by atoms with E-state index >= 15 is 0 Å². The monoisotopic (exact) mass is 829 g/mol. The van der Waals surface area contributed by atoms with Gasteiger partial charge in [0.15, 0.2) is 5.82 Å². The van der Waals surface area contributed by atoms with Gasteiger partial charge in [0.1, 0.15) is 0 Å². The maximum Gasteiger partial charge on any atom is 0.160 e. The first-order valence-electron chi connectivity index (χ1n) is 22.1. The van der Waals surface area contributed by atoms with Gasteiger partial charge in [-0.05, 0) is 86.3 Å². The highest BCUT2D eigenvalue weighted by atomic mass is 15.1. The Morgan fingerprint density at radius 3 is 1.00 bits per heavy atom. The molecule has 11 aromatic rings. The van der Waals surface area contributed by atoms with Crippen molar-refractivity contribution >= 4 is 27.8 Å². The van der Waals surface area contributed by atoms with Crippen molar-refractivity contribution in [2.45, 2.75) is 0 Å². The largest absolute Gasteiger partial charge is 0.310 e. The van der Waals surface area contributed by atoms with Crippen molar-refractivity contribution < 1.29 is 0 Å². The molecular weight excluding hydrogens is 787 g/mol. The number of hydrogen-bond donors (Lipinski definition) is 0. The van der Waals surface area contributed by atoms with Crippen molar-refractivity contribution in [1.82, 2.24) is 9.97 Å². The summed E-state index contributed by atoms with van der Waals surface area (Å²) in [6.45, 7) is 0. The molecule has 0 aliphatic heterocycles. The van der Waals surface area contributed by atoms with Crippen LogP contribution in [0.1, 0.15) is 0 Å². The topological polar surface area (TPSA) is 29.0 Å². The van der Waals surface area contributed by atoms with E-state index < -0.39 is 0 Å². The van der Waals surface area contributed by atoms with Crippen LogP contribution in [0.3, 0.4) is 0 Å². The first-order chi connectivity index (χ1) is 32.2. The first kappa shape index (κ1) is 39.2. The van der Waals surface area contributed by atoms with E-state index in [9.17, 15) is 0 Å². The molecule has 11 rings (SSSR count). The van der Waals surface area contributed by atoms with Crippen LogP contribution in [0.2, 0.25) is 0 Å². The molecule has 0 atom stereocenters. The van der Waals surface area contributed by atoms with Crippen LogP contribution in [0.4, 0.5) is 17.1 Å². The van der Waals surface area contributed by atoms with E-state index in [1.54, 1.807) is 0 Å². The average molecular weight is 830 g/mol. The van der Waals surface area contributed by atoms with Crippen LogP contribution in [-0.4, -0.2) is 9.97 Å². The summed E-state index contributed by atoms with van der Waals surface area (Å²) in [6.07, 6.45) is 0. The molecule has 10 aromatic carbocycles. The number of aromatic nitrogens is 2. The minimum atomic E-state index is 0.683. The van der Waals surface area contributed by atoms with Crippen molar-refractivity contribution in [2.24, 2.45) is 0 Å². The number of nitrogens with zero attached hydrogens (tertiary/aromatic N) is 3. The smallest absolute Gasteiger partial charge is 0.160 e. The van der Waals surface area contributed by atoms with E-state index in [2.05, 4.69) is 254 Å². The Balaban J connectivity index is 0.922. The molecular formula is C62H43N3. The lowest BCUT2D eigenvalue weighted by molar-refractivity contribution is 1.18. The van der Waals surface area contributed by atoms with E-state index in [-0.39, 0.29) is 0 Å². The molecule has 306 valence electrons. The molecule has 0 spiro atoms. The fourth-order valence-electron chi connectivity index (χ4n) is 8.68. The van der Waals surface area contributed by atoms with E-state index in [0.717, 1.165) is 56.3 Å². The van der Waals surface area contributed by atoms with Crippen molar-refractivity contribution in [3.63, 3.8) is 0 Å². The molecule has 1 aromatic heterocycles. The third-order valence-corrected chi connectivity index (χ3v) is 12.1. The van der Waals surface area contributed by atoms with Gasteiger partial charge in [-0.3, -0.25) is 0 Å². The summed E-state index contributed by atoms with van der Waals surface area (Å²) < 4.78 is 0. The number of benzene rings is 10. The molecule has 65 heavy (non-hydrogen) atoms. The Labute approximate surface area is 380 Å². The predicted molar refractivity (Wildman–Crippen MR) is 272 cm³/mol. The van der Waals surface area contributed by atoms with Gasteiger partial charge >= 0.3 is 0 Å². The molecule has 1 heterocycles. The second-order valence-corrected chi connectivity index (χ2v) is 16.2. The van der Waals surface area contributed by atoms with Crippen LogP contribution in [0, 0.1) is 0 Å². The highest BCUT2D eigenvalue weighted by molar-refractivity contribution is 5.99. The van der Waals surface area contributed by atoms with E-state index in [1.165, 1.54) is 44.2 Å². The van der Waals surface area contributed by atoms with Gasteiger partial charge in [-0.1, -0.05) is 224 Å². The molecule has 0 fully saturated rings.